The first-order chi connectivity index (χ1) is 8.44. The van der Waals surface area contributed by atoms with Gasteiger partial charge in [-0.05, 0) is 18.8 Å². The standard InChI is InChI=1S/C10H14N2O5S/c13-10(14)5-8-11-9(17-12-8)4-7-2-1-3-18(15,16)6-7/h7H,1-6H2,(H,13,14). The Balaban J connectivity index is 1.97. The van der Waals surface area contributed by atoms with Crippen LogP contribution in [0, 0.1) is 5.92 Å². The van der Waals surface area contributed by atoms with Gasteiger partial charge in [0.1, 0.15) is 6.42 Å². The third-order valence-electron chi connectivity index (χ3n) is 2.84. The van der Waals surface area contributed by atoms with E-state index in [-0.39, 0.29) is 29.7 Å². The number of carbonyl (C=O) groups is 1. The second-order valence-electron chi connectivity index (χ2n) is 4.50. The molecule has 0 amide bonds. The molecule has 0 spiro atoms. The van der Waals surface area contributed by atoms with Gasteiger partial charge in [-0.15, -0.1) is 0 Å². The molecule has 0 radical (unpaired) electrons. The summed E-state index contributed by atoms with van der Waals surface area (Å²) in [6, 6.07) is 0. The highest BCUT2D eigenvalue weighted by Gasteiger charge is 2.26. The number of nitrogens with zero attached hydrogens (tertiary/aromatic N) is 2. The van der Waals surface area contributed by atoms with E-state index in [1.165, 1.54) is 0 Å². The maximum absolute atomic E-state index is 11.5. The molecule has 2 rings (SSSR count). The van der Waals surface area contributed by atoms with E-state index in [4.69, 9.17) is 9.63 Å². The molecule has 1 aliphatic rings. The fourth-order valence-corrected chi connectivity index (χ4v) is 3.88. The van der Waals surface area contributed by atoms with Crippen LogP contribution in [0.3, 0.4) is 0 Å². The van der Waals surface area contributed by atoms with E-state index in [2.05, 4.69) is 10.1 Å². The summed E-state index contributed by atoms with van der Waals surface area (Å²) in [4.78, 5) is 14.4. The highest BCUT2D eigenvalue weighted by molar-refractivity contribution is 7.91. The molecule has 0 aliphatic carbocycles. The van der Waals surface area contributed by atoms with Crippen molar-refractivity contribution in [2.75, 3.05) is 11.5 Å². The van der Waals surface area contributed by atoms with Crippen molar-refractivity contribution in [1.29, 1.82) is 0 Å². The quantitative estimate of drug-likeness (QED) is 0.826. The number of carboxylic acids is 1. The number of hydrogen-bond acceptors (Lipinski definition) is 6. The van der Waals surface area contributed by atoms with Gasteiger partial charge in [0.05, 0.1) is 11.5 Å². The van der Waals surface area contributed by atoms with Crippen LogP contribution in [0.5, 0.6) is 0 Å². The zero-order chi connectivity index (χ0) is 13.2. The molecule has 1 aromatic heterocycles. The van der Waals surface area contributed by atoms with Crippen LogP contribution >= 0.6 is 0 Å². The Bertz CT molecular complexity index is 536. The van der Waals surface area contributed by atoms with Gasteiger partial charge in [-0.25, -0.2) is 8.42 Å². The van der Waals surface area contributed by atoms with Crippen molar-refractivity contribution in [3.63, 3.8) is 0 Å². The Morgan fingerprint density at radius 1 is 1.50 bits per heavy atom. The monoisotopic (exact) mass is 274 g/mol. The van der Waals surface area contributed by atoms with Crippen molar-refractivity contribution in [1.82, 2.24) is 10.1 Å². The lowest BCUT2D eigenvalue weighted by Crippen LogP contribution is -2.26. The van der Waals surface area contributed by atoms with Gasteiger partial charge in [0, 0.05) is 6.42 Å². The van der Waals surface area contributed by atoms with Crippen LogP contribution in [0.2, 0.25) is 0 Å². The van der Waals surface area contributed by atoms with Gasteiger partial charge in [0.25, 0.3) is 0 Å². The Kier molecular flexibility index (Phi) is 3.65. The zero-order valence-corrected chi connectivity index (χ0v) is 10.5. The zero-order valence-electron chi connectivity index (χ0n) is 9.70. The molecule has 7 nitrogen and oxygen atoms in total. The Morgan fingerprint density at radius 3 is 2.94 bits per heavy atom. The first-order valence-electron chi connectivity index (χ1n) is 5.68. The molecule has 1 saturated heterocycles. The highest BCUT2D eigenvalue weighted by atomic mass is 32.2. The van der Waals surface area contributed by atoms with E-state index >= 15 is 0 Å². The van der Waals surface area contributed by atoms with Crippen LogP contribution in [-0.4, -0.2) is 41.1 Å². The maximum Gasteiger partial charge on any atom is 0.311 e. The van der Waals surface area contributed by atoms with E-state index in [0.717, 1.165) is 6.42 Å². The van der Waals surface area contributed by atoms with E-state index in [9.17, 15) is 13.2 Å². The average molecular weight is 274 g/mol. The summed E-state index contributed by atoms with van der Waals surface area (Å²) in [6.07, 6.45) is 1.58. The summed E-state index contributed by atoms with van der Waals surface area (Å²) in [6.45, 7) is 0. The predicted octanol–water partition coefficient (Wildman–Crippen LogP) is 0.0640. The van der Waals surface area contributed by atoms with Crippen LogP contribution in [0.4, 0.5) is 0 Å². The number of aliphatic carboxylic acids is 1. The Hall–Kier alpha value is -1.44. The lowest BCUT2D eigenvalue weighted by atomic mass is 10.0. The van der Waals surface area contributed by atoms with E-state index < -0.39 is 15.8 Å². The van der Waals surface area contributed by atoms with E-state index in [0.29, 0.717) is 18.7 Å². The van der Waals surface area contributed by atoms with E-state index in [1.54, 1.807) is 0 Å². The summed E-state index contributed by atoms with van der Waals surface area (Å²) in [5, 5.41) is 12.1. The fourth-order valence-electron chi connectivity index (χ4n) is 2.11. The molecule has 2 heterocycles. The van der Waals surface area contributed by atoms with Crippen molar-refractivity contribution < 1.29 is 22.8 Å². The average Bonchev–Trinajstić information content (AvgIpc) is 2.62. The Morgan fingerprint density at radius 2 is 2.28 bits per heavy atom. The summed E-state index contributed by atoms with van der Waals surface area (Å²) in [5.41, 5.74) is 0. The largest absolute Gasteiger partial charge is 0.481 e. The van der Waals surface area contributed by atoms with Crippen LogP contribution in [0.15, 0.2) is 4.52 Å². The number of sulfone groups is 1. The molecule has 18 heavy (non-hydrogen) atoms. The molecule has 0 saturated carbocycles. The number of aromatic nitrogens is 2. The van der Waals surface area contributed by atoms with Gasteiger partial charge in [0.2, 0.25) is 5.89 Å². The predicted molar refractivity (Wildman–Crippen MR) is 60.7 cm³/mol. The van der Waals surface area contributed by atoms with Crippen molar-refractivity contribution in [2.24, 2.45) is 5.92 Å². The van der Waals surface area contributed by atoms with E-state index in [1.807, 2.05) is 0 Å². The lowest BCUT2D eigenvalue weighted by Gasteiger charge is -2.19. The normalized spacial score (nSPS) is 22.8. The molecule has 1 atom stereocenters. The first kappa shape index (κ1) is 13.0. The Labute approximate surface area is 104 Å². The molecular formula is C10H14N2O5S. The van der Waals surface area contributed by atoms with Crippen LogP contribution in [0.25, 0.3) is 0 Å². The second kappa shape index (κ2) is 5.05. The summed E-state index contributed by atoms with van der Waals surface area (Å²) < 4.78 is 27.8. The number of carboxylic acid groups (broad SMARTS) is 1. The molecule has 1 fully saturated rings. The minimum atomic E-state index is -2.95. The van der Waals surface area contributed by atoms with Crippen LogP contribution in [0.1, 0.15) is 24.6 Å². The van der Waals surface area contributed by atoms with Gasteiger partial charge in [-0.2, -0.15) is 4.98 Å². The molecule has 1 N–H and O–H groups in total. The maximum atomic E-state index is 11.5. The second-order valence-corrected chi connectivity index (χ2v) is 6.73. The minimum Gasteiger partial charge on any atom is -0.481 e. The smallest absolute Gasteiger partial charge is 0.311 e. The van der Waals surface area contributed by atoms with Crippen LogP contribution in [-0.2, 0) is 27.5 Å². The topological polar surface area (TPSA) is 110 Å². The van der Waals surface area contributed by atoms with Crippen molar-refractivity contribution in [3.8, 4) is 0 Å². The molecule has 8 heteroatoms. The molecule has 0 aromatic carbocycles. The van der Waals surface area contributed by atoms with Gasteiger partial charge in [-0.3, -0.25) is 4.79 Å². The van der Waals surface area contributed by atoms with Crippen molar-refractivity contribution in [2.45, 2.75) is 25.7 Å². The van der Waals surface area contributed by atoms with Gasteiger partial charge >= 0.3 is 5.97 Å². The fraction of sp³-hybridized carbons (Fsp3) is 0.700. The molecule has 100 valence electrons. The molecule has 1 aromatic rings. The third-order valence-corrected chi connectivity index (χ3v) is 4.73. The summed E-state index contributed by atoms with van der Waals surface area (Å²) in [7, 11) is -2.95. The third kappa shape index (κ3) is 3.52. The van der Waals surface area contributed by atoms with Gasteiger partial charge in [-0.1, -0.05) is 5.16 Å². The molecule has 1 aliphatic heterocycles. The summed E-state index contributed by atoms with van der Waals surface area (Å²) >= 11 is 0. The lowest BCUT2D eigenvalue weighted by molar-refractivity contribution is -0.136. The first-order valence-corrected chi connectivity index (χ1v) is 7.50. The SMILES string of the molecule is O=C(O)Cc1noc(CC2CCCS(=O)(=O)C2)n1. The number of rotatable bonds is 4. The van der Waals surface area contributed by atoms with Crippen molar-refractivity contribution in [3.05, 3.63) is 11.7 Å². The van der Waals surface area contributed by atoms with Crippen LogP contribution < -0.4 is 0 Å². The summed E-state index contributed by atoms with van der Waals surface area (Å²) in [5.74, 6) is -0.213. The van der Waals surface area contributed by atoms with Gasteiger partial charge < -0.3 is 9.63 Å². The van der Waals surface area contributed by atoms with Gasteiger partial charge in [0.15, 0.2) is 15.7 Å². The molecule has 1 unspecified atom stereocenters. The molecule has 0 bridgehead atoms. The number of hydrogen-bond donors (Lipinski definition) is 1. The minimum absolute atomic E-state index is 0.0121. The highest BCUT2D eigenvalue weighted by Crippen LogP contribution is 2.21. The molecular weight excluding hydrogens is 260 g/mol. The van der Waals surface area contributed by atoms with Crippen molar-refractivity contribution >= 4 is 15.8 Å².